The maximum Gasteiger partial charge on any atom is 0.459 e. The fraction of sp³-hybridized carbons (Fsp3) is 0.542. The second-order valence-electron chi connectivity index (χ2n) is 9.84. The SMILES string of the molecule is CC(C)OC(=O)[C@H](C)NP(=O)(OC[C@H]1C2(C)O[C@@H](n3ccc(N)nc3=O)C(F)C12CO)Oc1ccccc1. The quantitative estimate of drug-likeness (QED) is 0.275. The number of halogens is 1. The topological polar surface area (TPSA) is 164 Å². The van der Waals surface area contributed by atoms with Crippen LogP contribution in [0, 0.1) is 11.3 Å². The second kappa shape index (κ2) is 10.4. The molecule has 4 N–H and O–H groups in total. The van der Waals surface area contributed by atoms with Crippen molar-refractivity contribution in [1.82, 2.24) is 14.6 Å². The average Bonchev–Trinajstić information content (AvgIpc) is 3.28. The minimum Gasteiger partial charge on any atom is -0.462 e. The van der Waals surface area contributed by atoms with Crippen molar-refractivity contribution >= 4 is 19.5 Å². The highest BCUT2D eigenvalue weighted by atomic mass is 31.2. The van der Waals surface area contributed by atoms with Gasteiger partial charge < -0.3 is 24.8 Å². The fourth-order valence-electron chi connectivity index (χ4n) is 5.00. The number of esters is 1. The number of aromatic nitrogens is 2. The number of carbonyl (C=O) groups is 1. The molecule has 2 fully saturated rings. The van der Waals surface area contributed by atoms with E-state index in [-0.39, 0.29) is 18.2 Å². The van der Waals surface area contributed by atoms with Crippen molar-refractivity contribution in [1.29, 1.82) is 0 Å². The molecule has 4 rings (SSSR count). The molecule has 208 valence electrons. The van der Waals surface area contributed by atoms with Crippen molar-refractivity contribution in [2.45, 2.75) is 57.8 Å². The van der Waals surface area contributed by atoms with E-state index < -0.39 is 67.5 Å². The zero-order valence-corrected chi connectivity index (χ0v) is 22.3. The number of benzene rings is 1. The van der Waals surface area contributed by atoms with Gasteiger partial charge in [0, 0.05) is 12.1 Å². The molecule has 2 heterocycles. The van der Waals surface area contributed by atoms with Crippen molar-refractivity contribution in [3.63, 3.8) is 0 Å². The summed E-state index contributed by atoms with van der Waals surface area (Å²) in [7, 11) is -4.21. The van der Waals surface area contributed by atoms with Crippen molar-refractivity contribution in [2.75, 3.05) is 18.9 Å². The number of carbonyl (C=O) groups excluding carboxylic acids is 1. The first kappa shape index (κ1) is 28.2. The van der Waals surface area contributed by atoms with Gasteiger partial charge in [0.05, 0.1) is 30.3 Å². The lowest BCUT2D eigenvalue weighted by molar-refractivity contribution is -0.149. The number of fused-ring (bicyclic) bond motifs is 1. The summed E-state index contributed by atoms with van der Waals surface area (Å²) < 4.78 is 53.0. The summed E-state index contributed by atoms with van der Waals surface area (Å²) >= 11 is 0. The molecule has 0 amide bonds. The number of nitrogens with two attached hydrogens (primary N) is 1. The number of para-hydroxylation sites is 1. The van der Waals surface area contributed by atoms with Gasteiger partial charge in [-0.3, -0.25) is 13.9 Å². The number of alkyl halides is 1. The minimum atomic E-state index is -4.21. The number of rotatable bonds is 11. The molecule has 1 saturated heterocycles. The number of nitrogens with zero attached hydrogens (tertiary/aromatic N) is 2. The van der Waals surface area contributed by atoms with Gasteiger partial charge in [-0.15, -0.1) is 0 Å². The van der Waals surface area contributed by atoms with Gasteiger partial charge in [-0.2, -0.15) is 10.1 Å². The van der Waals surface area contributed by atoms with Crippen molar-refractivity contribution in [3.8, 4) is 5.75 Å². The summed E-state index contributed by atoms with van der Waals surface area (Å²) in [4.78, 5) is 28.2. The van der Waals surface area contributed by atoms with Crippen LogP contribution in [-0.4, -0.2) is 57.8 Å². The van der Waals surface area contributed by atoms with Crippen LogP contribution >= 0.6 is 7.75 Å². The highest BCUT2D eigenvalue weighted by molar-refractivity contribution is 7.52. The monoisotopic (exact) mass is 554 g/mol. The molecule has 4 unspecified atom stereocenters. The normalized spacial score (nSPS) is 30.3. The zero-order chi connectivity index (χ0) is 27.9. The van der Waals surface area contributed by atoms with E-state index in [1.165, 1.54) is 19.2 Å². The molecule has 7 atom stereocenters. The highest BCUT2D eigenvalue weighted by Gasteiger charge is 2.85. The number of hydrogen-bond donors (Lipinski definition) is 3. The number of ether oxygens (including phenoxy) is 2. The molecule has 2 aliphatic rings. The van der Waals surface area contributed by atoms with Crippen LogP contribution in [0.5, 0.6) is 5.75 Å². The molecule has 1 aliphatic carbocycles. The lowest BCUT2D eigenvalue weighted by Crippen LogP contribution is -2.38. The van der Waals surface area contributed by atoms with Gasteiger partial charge >= 0.3 is 19.4 Å². The van der Waals surface area contributed by atoms with E-state index in [1.807, 2.05) is 0 Å². The Kier molecular flexibility index (Phi) is 7.70. The molecule has 0 radical (unpaired) electrons. The average molecular weight is 555 g/mol. The van der Waals surface area contributed by atoms with Gasteiger partial charge in [0.1, 0.15) is 17.6 Å². The fourth-order valence-corrected chi connectivity index (χ4v) is 6.50. The van der Waals surface area contributed by atoms with Gasteiger partial charge in [0.15, 0.2) is 12.4 Å². The first-order chi connectivity index (χ1) is 17.9. The van der Waals surface area contributed by atoms with Crippen molar-refractivity contribution in [2.24, 2.45) is 11.3 Å². The highest BCUT2D eigenvalue weighted by Crippen LogP contribution is 2.74. The molecule has 1 saturated carbocycles. The Labute approximate surface area is 218 Å². The Hall–Kier alpha value is -2.83. The maximum absolute atomic E-state index is 15.8. The molecular formula is C24H32FN4O8P. The Morgan fingerprint density at radius 1 is 1.32 bits per heavy atom. The summed E-state index contributed by atoms with van der Waals surface area (Å²) in [5.74, 6) is -1.23. The van der Waals surface area contributed by atoms with Crippen LogP contribution in [0.1, 0.15) is 33.9 Å². The van der Waals surface area contributed by atoms with Crippen LogP contribution in [0.15, 0.2) is 47.4 Å². The molecule has 0 bridgehead atoms. The largest absolute Gasteiger partial charge is 0.462 e. The first-order valence-electron chi connectivity index (χ1n) is 12.1. The smallest absolute Gasteiger partial charge is 0.459 e. The molecule has 38 heavy (non-hydrogen) atoms. The van der Waals surface area contributed by atoms with Gasteiger partial charge in [-0.05, 0) is 45.9 Å². The molecule has 2 aromatic rings. The summed E-state index contributed by atoms with van der Waals surface area (Å²) in [5, 5.41) is 12.8. The number of nitrogens with one attached hydrogen (secondary N) is 1. The van der Waals surface area contributed by atoms with Crippen molar-refractivity contribution < 1.29 is 37.4 Å². The van der Waals surface area contributed by atoms with E-state index in [0.717, 1.165) is 4.57 Å². The van der Waals surface area contributed by atoms with E-state index in [1.54, 1.807) is 51.1 Å². The minimum absolute atomic E-state index is 0.0210. The van der Waals surface area contributed by atoms with E-state index in [4.69, 9.17) is 24.3 Å². The molecule has 14 heteroatoms. The predicted molar refractivity (Wildman–Crippen MR) is 134 cm³/mol. The Balaban J connectivity index is 1.53. The predicted octanol–water partition coefficient (Wildman–Crippen LogP) is 2.19. The molecule has 1 aliphatic heterocycles. The van der Waals surface area contributed by atoms with Gasteiger partial charge in [0.2, 0.25) is 0 Å². The number of anilines is 1. The molecule has 12 nitrogen and oxygen atoms in total. The first-order valence-corrected chi connectivity index (χ1v) is 13.7. The number of nitrogen functional groups attached to an aromatic ring is 1. The van der Waals surface area contributed by atoms with Crippen LogP contribution in [0.4, 0.5) is 10.2 Å². The number of aliphatic hydroxyl groups excluding tert-OH is 1. The molecule has 1 aromatic carbocycles. The third-order valence-electron chi connectivity index (χ3n) is 7.06. The number of aliphatic hydroxyl groups is 1. The van der Waals surface area contributed by atoms with Crippen LogP contribution < -0.4 is 21.0 Å². The third kappa shape index (κ3) is 4.96. The Bertz CT molecular complexity index is 1280. The molecular weight excluding hydrogens is 522 g/mol. The van der Waals surface area contributed by atoms with Crippen LogP contribution in [-0.2, 0) is 23.4 Å². The maximum atomic E-state index is 15.8. The second-order valence-corrected chi connectivity index (χ2v) is 11.5. The standard InChI is InChI=1S/C24H32FN4O8P/c1-14(2)35-21(31)15(3)28-38(33,37-16-8-6-5-7-9-16)34-12-17-23(4)24(17,13-30)19(25)20(36-23)29-11-10-18(26)27-22(29)32/h5-11,14-15,17,19-20,30H,12-13H2,1-4H3,(H,28,33)(H2,26,27,32)/t15-,17-,19?,20+,23?,24?,38?/m0/s1. The lowest BCUT2D eigenvalue weighted by atomic mass is 9.96. The van der Waals surface area contributed by atoms with Crippen LogP contribution in [0.3, 0.4) is 0 Å². The number of hydrogen-bond acceptors (Lipinski definition) is 10. The van der Waals surface area contributed by atoms with E-state index >= 15 is 4.39 Å². The molecule has 0 spiro atoms. The van der Waals surface area contributed by atoms with Gasteiger partial charge in [0.25, 0.3) is 0 Å². The summed E-state index contributed by atoms with van der Waals surface area (Å²) in [6.45, 7) is 5.41. The van der Waals surface area contributed by atoms with E-state index in [0.29, 0.717) is 0 Å². The summed E-state index contributed by atoms with van der Waals surface area (Å²) in [6, 6.07) is 8.46. The Morgan fingerprint density at radius 2 is 2.00 bits per heavy atom. The third-order valence-corrected chi connectivity index (χ3v) is 8.70. The summed E-state index contributed by atoms with van der Waals surface area (Å²) in [6.07, 6.45) is -2.29. The lowest BCUT2D eigenvalue weighted by Gasteiger charge is -2.26. The molecule has 1 aromatic heterocycles. The summed E-state index contributed by atoms with van der Waals surface area (Å²) in [5.41, 5.74) is 2.02. The zero-order valence-electron chi connectivity index (χ0n) is 21.4. The van der Waals surface area contributed by atoms with Crippen LogP contribution in [0.2, 0.25) is 0 Å². The van der Waals surface area contributed by atoms with Crippen LogP contribution in [0.25, 0.3) is 0 Å². The van der Waals surface area contributed by atoms with E-state index in [2.05, 4.69) is 10.1 Å². The van der Waals surface area contributed by atoms with Gasteiger partial charge in [-0.25, -0.2) is 13.8 Å². The van der Waals surface area contributed by atoms with E-state index in [9.17, 15) is 19.3 Å². The Morgan fingerprint density at radius 3 is 2.58 bits per heavy atom. The van der Waals surface area contributed by atoms with Gasteiger partial charge in [-0.1, -0.05) is 18.2 Å². The van der Waals surface area contributed by atoms with Crippen molar-refractivity contribution in [3.05, 3.63) is 53.1 Å².